The van der Waals surface area contributed by atoms with E-state index in [1.165, 1.54) is 5.01 Å². The van der Waals surface area contributed by atoms with Gasteiger partial charge in [0, 0.05) is 18.8 Å². The van der Waals surface area contributed by atoms with Gasteiger partial charge in [0.1, 0.15) is 0 Å². The second-order valence-electron chi connectivity index (χ2n) is 6.59. The van der Waals surface area contributed by atoms with Crippen LogP contribution in [-0.4, -0.2) is 24.7 Å². The van der Waals surface area contributed by atoms with Crippen molar-refractivity contribution in [3.05, 3.63) is 65.7 Å². The van der Waals surface area contributed by atoms with Gasteiger partial charge in [-0.2, -0.15) is 20.6 Å². The molecule has 3 rings (SSSR count). The van der Waals surface area contributed by atoms with Crippen LogP contribution in [0.2, 0.25) is 0 Å². The molecule has 0 saturated heterocycles. The molecule has 0 radical (unpaired) electrons. The molecule has 1 aliphatic heterocycles. The number of carbonyl (C=O) groups excluding carboxylic acids is 1. The fourth-order valence-electron chi connectivity index (χ4n) is 3.12. The van der Waals surface area contributed by atoms with Crippen LogP contribution in [0.4, 0.5) is 11.4 Å². The maximum atomic E-state index is 12.8. The molecule has 0 aromatic heterocycles. The van der Waals surface area contributed by atoms with Crippen molar-refractivity contribution in [1.82, 2.24) is 0 Å². The Morgan fingerprint density at radius 1 is 1.00 bits per heavy atom. The Bertz CT molecular complexity index is 992. The zero-order valence-corrected chi connectivity index (χ0v) is 16.2. The summed E-state index contributed by atoms with van der Waals surface area (Å²) in [5, 5.41) is 23.5. The highest BCUT2D eigenvalue weighted by Crippen LogP contribution is 2.25. The standard InChI is InChI=1S/C23H21N5O/c1-18-22(23(29)28(26-18)21-7-3-2-4-8-21)17-19-9-11-20(12-10-19)27(15-5-13-24)16-6-14-25/h2-4,7-12,17H,5-6,15-16H2,1H3/b22-17+. The topological polar surface area (TPSA) is 83.5 Å². The van der Waals surface area contributed by atoms with Crippen LogP contribution < -0.4 is 9.91 Å². The van der Waals surface area contributed by atoms with Gasteiger partial charge in [-0.15, -0.1) is 0 Å². The van der Waals surface area contributed by atoms with Crippen LogP contribution in [0.1, 0.15) is 25.3 Å². The molecule has 1 heterocycles. The van der Waals surface area contributed by atoms with E-state index in [4.69, 9.17) is 10.5 Å². The Labute approximate surface area is 170 Å². The van der Waals surface area contributed by atoms with Gasteiger partial charge in [-0.1, -0.05) is 30.3 Å². The summed E-state index contributed by atoms with van der Waals surface area (Å²) < 4.78 is 0. The number of amides is 1. The first kappa shape index (κ1) is 19.9. The third-order valence-corrected chi connectivity index (χ3v) is 4.62. The summed E-state index contributed by atoms with van der Waals surface area (Å²) in [5.41, 5.74) is 3.81. The molecule has 2 aromatic carbocycles. The number of carbonyl (C=O) groups is 1. The van der Waals surface area contributed by atoms with Crippen molar-refractivity contribution < 1.29 is 4.79 Å². The van der Waals surface area contributed by atoms with E-state index in [-0.39, 0.29) is 5.91 Å². The summed E-state index contributed by atoms with van der Waals surface area (Å²) in [6, 6.07) is 21.4. The SMILES string of the molecule is CC1=NN(c2ccccc2)C(=O)/C1=C/c1ccc(N(CCC#N)CCC#N)cc1. The lowest BCUT2D eigenvalue weighted by Crippen LogP contribution is -2.25. The van der Waals surface area contributed by atoms with Crippen molar-refractivity contribution in [2.75, 3.05) is 23.0 Å². The molecule has 2 aromatic rings. The zero-order valence-electron chi connectivity index (χ0n) is 16.2. The van der Waals surface area contributed by atoms with Crippen LogP contribution >= 0.6 is 0 Å². The van der Waals surface area contributed by atoms with E-state index in [1.54, 1.807) is 0 Å². The first-order valence-electron chi connectivity index (χ1n) is 9.39. The van der Waals surface area contributed by atoms with Crippen LogP contribution in [0, 0.1) is 22.7 Å². The maximum absolute atomic E-state index is 12.8. The Morgan fingerprint density at radius 2 is 1.62 bits per heavy atom. The molecule has 0 saturated carbocycles. The number of benzene rings is 2. The monoisotopic (exact) mass is 383 g/mol. The van der Waals surface area contributed by atoms with E-state index >= 15 is 0 Å². The predicted molar refractivity (Wildman–Crippen MR) is 114 cm³/mol. The fourth-order valence-corrected chi connectivity index (χ4v) is 3.12. The van der Waals surface area contributed by atoms with E-state index in [0.29, 0.717) is 37.2 Å². The van der Waals surface area contributed by atoms with Gasteiger partial charge in [0.05, 0.1) is 42.0 Å². The molecule has 0 N–H and O–H groups in total. The van der Waals surface area contributed by atoms with Crippen molar-refractivity contribution in [2.24, 2.45) is 5.10 Å². The smallest absolute Gasteiger partial charge is 0.280 e. The highest BCUT2D eigenvalue weighted by atomic mass is 16.2. The average molecular weight is 383 g/mol. The quantitative estimate of drug-likeness (QED) is 0.673. The third kappa shape index (κ3) is 4.69. The number of nitriles is 2. The molecule has 0 atom stereocenters. The molecule has 1 aliphatic rings. The minimum atomic E-state index is -0.151. The van der Waals surface area contributed by atoms with E-state index in [9.17, 15) is 4.79 Å². The van der Waals surface area contributed by atoms with E-state index in [2.05, 4.69) is 17.2 Å². The Hall–Kier alpha value is -3.90. The first-order chi connectivity index (χ1) is 14.1. The number of para-hydroxylation sites is 1. The number of hydrazone groups is 1. The third-order valence-electron chi connectivity index (χ3n) is 4.62. The summed E-state index contributed by atoms with van der Waals surface area (Å²) in [4.78, 5) is 14.8. The second kappa shape index (κ2) is 9.34. The van der Waals surface area contributed by atoms with E-state index in [0.717, 1.165) is 16.9 Å². The van der Waals surface area contributed by atoms with Crippen LogP contribution in [0.25, 0.3) is 6.08 Å². The van der Waals surface area contributed by atoms with Gasteiger partial charge in [-0.05, 0) is 42.8 Å². The summed E-state index contributed by atoms with van der Waals surface area (Å²) >= 11 is 0. The zero-order chi connectivity index (χ0) is 20.6. The summed E-state index contributed by atoms with van der Waals surface area (Å²) in [7, 11) is 0. The molecule has 0 unspecified atom stereocenters. The Balaban J connectivity index is 1.79. The number of rotatable bonds is 7. The van der Waals surface area contributed by atoms with Crippen LogP contribution in [0.5, 0.6) is 0 Å². The molecule has 1 amide bonds. The highest BCUT2D eigenvalue weighted by Gasteiger charge is 2.28. The van der Waals surface area contributed by atoms with Crippen molar-refractivity contribution in [1.29, 1.82) is 10.5 Å². The molecule has 29 heavy (non-hydrogen) atoms. The van der Waals surface area contributed by atoms with Gasteiger partial charge in [0.2, 0.25) is 0 Å². The number of anilines is 2. The molecular weight excluding hydrogens is 362 g/mol. The second-order valence-corrected chi connectivity index (χ2v) is 6.59. The van der Waals surface area contributed by atoms with Gasteiger partial charge >= 0.3 is 0 Å². The van der Waals surface area contributed by atoms with Crippen LogP contribution in [0.15, 0.2) is 65.3 Å². The molecule has 144 valence electrons. The van der Waals surface area contributed by atoms with Gasteiger partial charge in [-0.3, -0.25) is 4.79 Å². The van der Waals surface area contributed by atoms with Gasteiger partial charge in [-0.25, -0.2) is 0 Å². The molecule has 0 aliphatic carbocycles. The number of hydrogen-bond donors (Lipinski definition) is 0. The first-order valence-corrected chi connectivity index (χ1v) is 9.39. The maximum Gasteiger partial charge on any atom is 0.280 e. The van der Waals surface area contributed by atoms with Gasteiger partial charge < -0.3 is 4.90 Å². The van der Waals surface area contributed by atoms with E-state index < -0.39 is 0 Å². The van der Waals surface area contributed by atoms with Gasteiger partial charge in [0.25, 0.3) is 5.91 Å². The minimum Gasteiger partial charge on any atom is -0.369 e. The summed E-state index contributed by atoms with van der Waals surface area (Å²) in [6.07, 6.45) is 2.64. The predicted octanol–water partition coefficient (Wildman–Crippen LogP) is 4.13. The lowest BCUT2D eigenvalue weighted by Gasteiger charge is -2.22. The molecule has 0 fully saturated rings. The molecular formula is C23H21N5O. The molecule has 0 bridgehead atoms. The summed E-state index contributed by atoms with van der Waals surface area (Å²) in [5.74, 6) is -0.151. The lowest BCUT2D eigenvalue weighted by atomic mass is 10.1. The normalized spacial score (nSPS) is 14.4. The Kier molecular flexibility index (Phi) is 6.40. The summed E-state index contributed by atoms with van der Waals surface area (Å²) in [6.45, 7) is 2.98. The van der Waals surface area contributed by atoms with Crippen LogP contribution in [0.3, 0.4) is 0 Å². The average Bonchev–Trinajstić information content (AvgIpc) is 3.03. The lowest BCUT2D eigenvalue weighted by molar-refractivity contribution is -0.114. The van der Waals surface area contributed by atoms with Crippen molar-refractivity contribution in [3.63, 3.8) is 0 Å². The number of hydrogen-bond acceptors (Lipinski definition) is 5. The van der Waals surface area contributed by atoms with E-state index in [1.807, 2.05) is 72.5 Å². The van der Waals surface area contributed by atoms with Crippen molar-refractivity contribution in [2.45, 2.75) is 19.8 Å². The molecule has 6 heteroatoms. The fraction of sp³-hybridized carbons (Fsp3) is 0.217. The largest absolute Gasteiger partial charge is 0.369 e. The van der Waals surface area contributed by atoms with Crippen molar-refractivity contribution >= 4 is 29.1 Å². The van der Waals surface area contributed by atoms with Crippen LogP contribution in [-0.2, 0) is 4.79 Å². The number of nitrogens with zero attached hydrogens (tertiary/aromatic N) is 5. The minimum absolute atomic E-state index is 0.151. The molecule has 0 spiro atoms. The highest BCUT2D eigenvalue weighted by molar-refractivity contribution is 6.32. The molecule has 6 nitrogen and oxygen atoms in total. The van der Waals surface area contributed by atoms with Crippen molar-refractivity contribution in [3.8, 4) is 12.1 Å². The Morgan fingerprint density at radius 3 is 2.21 bits per heavy atom. The van der Waals surface area contributed by atoms with Gasteiger partial charge in [0.15, 0.2) is 0 Å².